The zero-order valence-electron chi connectivity index (χ0n) is 10.5. The van der Waals surface area contributed by atoms with E-state index in [0.717, 1.165) is 23.1 Å². The molecule has 1 aromatic heterocycles. The molecule has 0 atom stereocenters. The van der Waals surface area contributed by atoms with Crippen LogP contribution in [0.1, 0.15) is 28.7 Å². The third-order valence-corrected chi connectivity index (χ3v) is 2.87. The fraction of sp³-hybridized carbons (Fsp3) is 0.214. The average Bonchev–Trinajstić information content (AvgIpc) is 2.38. The van der Waals surface area contributed by atoms with Crippen molar-refractivity contribution in [3.63, 3.8) is 0 Å². The first-order valence-electron chi connectivity index (χ1n) is 5.84. The van der Waals surface area contributed by atoms with Gasteiger partial charge in [-0.2, -0.15) is 0 Å². The zero-order valence-corrected chi connectivity index (χ0v) is 10.5. The molecule has 0 saturated heterocycles. The van der Waals surface area contributed by atoms with Crippen LogP contribution in [0.15, 0.2) is 30.6 Å². The molecule has 2 aromatic rings. The number of nitrogens with zero attached hydrogens (tertiary/aromatic N) is 2. The lowest BCUT2D eigenvalue weighted by Crippen LogP contribution is -2.13. The number of primary amides is 1. The number of rotatable bonds is 3. The second-order valence-corrected chi connectivity index (χ2v) is 4.08. The minimum absolute atomic E-state index is 0.430. The number of carbonyl (C=O) groups excluding carboxylic acids is 1. The maximum Gasteiger partial charge on any atom is 0.249 e. The quantitative estimate of drug-likeness (QED) is 0.894. The van der Waals surface area contributed by atoms with Gasteiger partial charge >= 0.3 is 0 Å². The van der Waals surface area contributed by atoms with Crippen molar-refractivity contribution in [2.24, 2.45) is 5.73 Å². The van der Waals surface area contributed by atoms with Crippen molar-refractivity contribution < 1.29 is 4.79 Å². The van der Waals surface area contributed by atoms with E-state index < -0.39 is 5.91 Å². The first-order valence-corrected chi connectivity index (χ1v) is 5.84. The summed E-state index contributed by atoms with van der Waals surface area (Å²) >= 11 is 0. The number of aryl methyl sites for hydroxylation is 2. The maximum absolute atomic E-state index is 11.5. The fourth-order valence-electron chi connectivity index (χ4n) is 1.96. The van der Waals surface area contributed by atoms with Gasteiger partial charge in [0.25, 0.3) is 0 Å². The van der Waals surface area contributed by atoms with E-state index in [1.54, 1.807) is 18.5 Å². The van der Waals surface area contributed by atoms with Crippen molar-refractivity contribution in [2.75, 3.05) is 0 Å². The molecule has 2 rings (SSSR count). The average molecular weight is 241 g/mol. The minimum atomic E-state index is -0.430. The Hall–Kier alpha value is -2.23. The summed E-state index contributed by atoms with van der Waals surface area (Å²) < 4.78 is 0. The lowest BCUT2D eigenvalue weighted by molar-refractivity contribution is 0.100. The van der Waals surface area contributed by atoms with E-state index in [-0.39, 0.29) is 0 Å². The molecule has 0 bridgehead atoms. The smallest absolute Gasteiger partial charge is 0.249 e. The highest BCUT2D eigenvalue weighted by Crippen LogP contribution is 2.27. The number of hydrogen-bond acceptors (Lipinski definition) is 3. The summed E-state index contributed by atoms with van der Waals surface area (Å²) in [5.74, 6) is 0.272. The molecule has 0 unspecified atom stereocenters. The lowest BCUT2D eigenvalue weighted by Gasteiger charge is -2.11. The lowest BCUT2D eigenvalue weighted by atomic mass is 9.94. The molecule has 0 aliphatic carbocycles. The molecule has 0 aliphatic rings. The summed E-state index contributed by atoms with van der Waals surface area (Å²) in [5.41, 5.74) is 8.68. The van der Waals surface area contributed by atoms with Crippen molar-refractivity contribution in [1.82, 2.24) is 9.97 Å². The van der Waals surface area contributed by atoms with Crippen LogP contribution < -0.4 is 5.73 Å². The van der Waals surface area contributed by atoms with Gasteiger partial charge in [0.05, 0.1) is 0 Å². The Labute approximate surface area is 106 Å². The fourth-order valence-corrected chi connectivity index (χ4v) is 1.96. The van der Waals surface area contributed by atoms with Crippen molar-refractivity contribution >= 4 is 5.91 Å². The number of nitrogens with two attached hydrogens (primary N) is 1. The molecule has 1 amide bonds. The number of aromatic nitrogens is 2. The van der Waals surface area contributed by atoms with E-state index >= 15 is 0 Å². The van der Waals surface area contributed by atoms with Gasteiger partial charge < -0.3 is 5.73 Å². The number of hydrogen-bond donors (Lipinski definition) is 1. The molecule has 92 valence electrons. The summed E-state index contributed by atoms with van der Waals surface area (Å²) in [6.07, 6.45) is 4.27. The van der Waals surface area contributed by atoms with Gasteiger partial charge in [0.2, 0.25) is 5.91 Å². The molecule has 0 saturated carbocycles. The number of amides is 1. The highest BCUT2D eigenvalue weighted by atomic mass is 16.1. The standard InChI is InChI=1S/C14H15N3O/c1-3-10-5-4-6-12(14(15)18)13(10)11-7-16-9(2)17-8-11/h4-8H,3H2,1-2H3,(H2,15,18). The molecular weight excluding hydrogens is 226 g/mol. The van der Waals surface area contributed by atoms with E-state index in [1.165, 1.54) is 0 Å². The molecular formula is C14H15N3O. The first-order chi connectivity index (χ1) is 8.63. The summed E-state index contributed by atoms with van der Waals surface area (Å²) in [5, 5.41) is 0. The SMILES string of the molecule is CCc1cccc(C(N)=O)c1-c1cnc(C)nc1. The Morgan fingerprint density at radius 3 is 2.50 bits per heavy atom. The molecule has 0 fully saturated rings. The van der Waals surface area contributed by atoms with Crippen LogP contribution in [0.3, 0.4) is 0 Å². The molecule has 0 aliphatic heterocycles. The van der Waals surface area contributed by atoms with Crippen molar-refractivity contribution in [2.45, 2.75) is 20.3 Å². The molecule has 0 radical (unpaired) electrons. The van der Waals surface area contributed by atoms with Gasteiger partial charge in [0, 0.05) is 29.1 Å². The van der Waals surface area contributed by atoms with Crippen LogP contribution in [0.2, 0.25) is 0 Å². The van der Waals surface area contributed by atoms with Crippen LogP contribution in [0, 0.1) is 6.92 Å². The summed E-state index contributed by atoms with van der Waals surface area (Å²) in [6, 6.07) is 5.57. The minimum Gasteiger partial charge on any atom is -0.366 e. The summed E-state index contributed by atoms with van der Waals surface area (Å²) in [7, 11) is 0. The molecule has 4 nitrogen and oxygen atoms in total. The first kappa shape index (κ1) is 12.2. The van der Waals surface area contributed by atoms with E-state index in [0.29, 0.717) is 11.4 Å². The number of carbonyl (C=O) groups is 1. The topological polar surface area (TPSA) is 68.9 Å². The molecule has 2 N–H and O–H groups in total. The normalized spacial score (nSPS) is 10.3. The summed E-state index contributed by atoms with van der Waals surface area (Å²) in [4.78, 5) is 19.8. The van der Waals surface area contributed by atoms with Crippen LogP contribution in [0.5, 0.6) is 0 Å². The van der Waals surface area contributed by atoms with Gasteiger partial charge in [-0.25, -0.2) is 9.97 Å². The Bertz CT molecular complexity index is 576. The Balaban J connectivity index is 2.67. The van der Waals surface area contributed by atoms with Gasteiger partial charge in [-0.1, -0.05) is 19.1 Å². The highest BCUT2D eigenvalue weighted by molar-refractivity contribution is 6.00. The highest BCUT2D eigenvalue weighted by Gasteiger charge is 2.13. The van der Waals surface area contributed by atoms with Crippen molar-refractivity contribution in [1.29, 1.82) is 0 Å². The second-order valence-electron chi connectivity index (χ2n) is 4.08. The molecule has 1 heterocycles. The van der Waals surface area contributed by atoms with Crippen molar-refractivity contribution in [3.8, 4) is 11.1 Å². The Morgan fingerprint density at radius 1 is 1.28 bits per heavy atom. The van der Waals surface area contributed by atoms with Crippen LogP contribution in [-0.4, -0.2) is 15.9 Å². The molecule has 1 aromatic carbocycles. The Morgan fingerprint density at radius 2 is 1.94 bits per heavy atom. The van der Waals surface area contributed by atoms with Gasteiger partial charge in [0.15, 0.2) is 0 Å². The van der Waals surface area contributed by atoms with Gasteiger partial charge in [-0.05, 0) is 25.0 Å². The maximum atomic E-state index is 11.5. The molecule has 18 heavy (non-hydrogen) atoms. The van der Waals surface area contributed by atoms with Crippen LogP contribution in [-0.2, 0) is 6.42 Å². The van der Waals surface area contributed by atoms with E-state index in [9.17, 15) is 4.79 Å². The third kappa shape index (κ3) is 2.22. The second kappa shape index (κ2) is 4.96. The van der Waals surface area contributed by atoms with E-state index in [2.05, 4.69) is 9.97 Å². The monoisotopic (exact) mass is 241 g/mol. The van der Waals surface area contributed by atoms with Gasteiger partial charge in [0.1, 0.15) is 5.82 Å². The van der Waals surface area contributed by atoms with E-state index in [1.807, 2.05) is 26.0 Å². The van der Waals surface area contributed by atoms with Gasteiger partial charge in [-0.3, -0.25) is 4.79 Å². The third-order valence-electron chi connectivity index (χ3n) is 2.87. The number of benzene rings is 1. The zero-order chi connectivity index (χ0) is 13.1. The van der Waals surface area contributed by atoms with E-state index in [4.69, 9.17) is 5.73 Å². The van der Waals surface area contributed by atoms with Gasteiger partial charge in [-0.15, -0.1) is 0 Å². The van der Waals surface area contributed by atoms with Crippen LogP contribution >= 0.6 is 0 Å². The van der Waals surface area contributed by atoms with Crippen molar-refractivity contribution in [3.05, 3.63) is 47.5 Å². The molecule has 4 heteroatoms. The Kier molecular flexibility index (Phi) is 3.37. The predicted octanol–water partition coefficient (Wildman–Crippen LogP) is 2.11. The van der Waals surface area contributed by atoms with Crippen LogP contribution in [0.4, 0.5) is 0 Å². The predicted molar refractivity (Wildman–Crippen MR) is 70.1 cm³/mol. The summed E-state index contributed by atoms with van der Waals surface area (Å²) in [6.45, 7) is 3.86. The van der Waals surface area contributed by atoms with Crippen LogP contribution in [0.25, 0.3) is 11.1 Å². The largest absolute Gasteiger partial charge is 0.366 e. The molecule has 0 spiro atoms.